The van der Waals surface area contributed by atoms with Gasteiger partial charge < -0.3 is 25.2 Å². The lowest BCUT2D eigenvalue weighted by Gasteiger charge is -2.42. The van der Waals surface area contributed by atoms with E-state index < -0.39 is 48.8 Å². The van der Waals surface area contributed by atoms with Gasteiger partial charge in [0.25, 0.3) is 5.91 Å². The molecule has 2 aliphatic rings. The lowest BCUT2D eigenvalue weighted by Crippen LogP contribution is -2.70. The maximum Gasteiger partial charge on any atom is 0.328 e. The smallest absolute Gasteiger partial charge is 0.328 e. The van der Waals surface area contributed by atoms with Crippen molar-refractivity contribution in [1.29, 1.82) is 0 Å². The SMILES string of the molecule is CC1(O)C(=O)NC(=O)N([C@H]2CC(O)[C@@H](CO)O2)C1O. The van der Waals surface area contributed by atoms with Crippen LogP contribution in [0.15, 0.2) is 0 Å². The van der Waals surface area contributed by atoms with Crippen molar-refractivity contribution >= 4 is 11.9 Å². The number of hydrogen-bond donors (Lipinski definition) is 5. The zero-order chi connectivity index (χ0) is 14.4. The largest absolute Gasteiger partial charge is 0.394 e. The summed E-state index contributed by atoms with van der Waals surface area (Å²) in [5.74, 6) is -1.02. The van der Waals surface area contributed by atoms with E-state index in [0.717, 1.165) is 11.8 Å². The number of ether oxygens (including phenoxy) is 1. The van der Waals surface area contributed by atoms with E-state index in [-0.39, 0.29) is 6.42 Å². The van der Waals surface area contributed by atoms with Gasteiger partial charge >= 0.3 is 6.03 Å². The Balaban J connectivity index is 2.20. The van der Waals surface area contributed by atoms with Gasteiger partial charge in [0.1, 0.15) is 12.3 Å². The van der Waals surface area contributed by atoms with Crippen LogP contribution < -0.4 is 5.32 Å². The highest BCUT2D eigenvalue weighted by atomic mass is 16.6. The molecule has 3 amide bonds. The lowest BCUT2D eigenvalue weighted by atomic mass is 10.00. The summed E-state index contributed by atoms with van der Waals surface area (Å²) in [6, 6.07) is -0.931. The maximum absolute atomic E-state index is 11.7. The molecule has 0 aromatic rings. The Bertz CT molecular complexity index is 399. The first kappa shape index (κ1) is 14.2. The maximum atomic E-state index is 11.7. The molecule has 5 atom stereocenters. The van der Waals surface area contributed by atoms with Crippen molar-refractivity contribution in [2.24, 2.45) is 0 Å². The summed E-state index contributed by atoms with van der Waals surface area (Å²) in [5.41, 5.74) is -2.18. The molecule has 108 valence electrons. The monoisotopic (exact) mass is 276 g/mol. The van der Waals surface area contributed by atoms with Gasteiger partial charge in [-0.2, -0.15) is 0 Å². The van der Waals surface area contributed by atoms with Crippen LogP contribution in [-0.2, 0) is 9.53 Å². The average Bonchev–Trinajstić information content (AvgIpc) is 2.68. The zero-order valence-electron chi connectivity index (χ0n) is 10.2. The molecule has 0 aliphatic carbocycles. The minimum Gasteiger partial charge on any atom is -0.394 e. The third-order valence-corrected chi connectivity index (χ3v) is 3.38. The number of imide groups is 1. The molecule has 5 N–H and O–H groups in total. The van der Waals surface area contributed by atoms with Gasteiger partial charge in [0.05, 0.1) is 12.7 Å². The minimum atomic E-state index is -2.18. The van der Waals surface area contributed by atoms with Crippen molar-refractivity contribution in [2.75, 3.05) is 6.61 Å². The Hall–Kier alpha value is -1.26. The predicted octanol–water partition coefficient (Wildman–Crippen LogP) is -2.92. The van der Waals surface area contributed by atoms with E-state index in [1.807, 2.05) is 5.32 Å². The fraction of sp³-hybridized carbons (Fsp3) is 0.800. The fourth-order valence-electron chi connectivity index (χ4n) is 2.13. The van der Waals surface area contributed by atoms with Crippen molar-refractivity contribution in [3.63, 3.8) is 0 Å². The Kier molecular flexibility index (Phi) is 3.49. The van der Waals surface area contributed by atoms with E-state index >= 15 is 0 Å². The van der Waals surface area contributed by atoms with Crippen LogP contribution in [-0.4, -0.2) is 74.1 Å². The summed E-state index contributed by atoms with van der Waals surface area (Å²) in [5, 5.41) is 40.2. The molecule has 0 aromatic carbocycles. The Labute approximate surface area is 108 Å². The van der Waals surface area contributed by atoms with Gasteiger partial charge in [0, 0.05) is 6.42 Å². The van der Waals surface area contributed by atoms with Crippen LogP contribution in [0, 0.1) is 0 Å². The van der Waals surface area contributed by atoms with Gasteiger partial charge in [0.2, 0.25) is 0 Å². The Morgan fingerprint density at radius 3 is 2.63 bits per heavy atom. The van der Waals surface area contributed by atoms with Crippen LogP contribution in [0.5, 0.6) is 0 Å². The van der Waals surface area contributed by atoms with Crippen LogP contribution in [0.2, 0.25) is 0 Å². The molecule has 9 heteroatoms. The van der Waals surface area contributed by atoms with Crippen LogP contribution in [0.3, 0.4) is 0 Å². The molecular formula is C10H16N2O7. The van der Waals surface area contributed by atoms with Gasteiger partial charge in [0.15, 0.2) is 11.8 Å². The molecule has 2 saturated heterocycles. The Morgan fingerprint density at radius 2 is 2.11 bits per heavy atom. The van der Waals surface area contributed by atoms with E-state index in [1.165, 1.54) is 0 Å². The standard InChI is InChI=1S/C10H16N2O7/c1-10(18)7(15)11-9(17)12(8(10)16)6-2-4(14)5(3-13)19-6/h4-6,8,13-14,16,18H,2-3H2,1H3,(H,11,15,17)/t4?,5-,6-,8?,10?/m1/s1. The van der Waals surface area contributed by atoms with Gasteiger partial charge in [-0.05, 0) is 6.92 Å². The van der Waals surface area contributed by atoms with Crippen molar-refractivity contribution in [3.8, 4) is 0 Å². The van der Waals surface area contributed by atoms with Crippen molar-refractivity contribution in [3.05, 3.63) is 0 Å². The number of carbonyl (C=O) groups excluding carboxylic acids is 2. The molecule has 0 bridgehead atoms. The molecule has 0 aromatic heterocycles. The number of urea groups is 1. The van der Waals surface area contributed by atoms with E-state index in [9.17, 15) is 24.9 Å². The van der Waals surface area contributed by atoms with Crippen LogP contribution in [0.25, 0.3) is 0 Å². The molecule has 19 heavy (non-hydrogen) atoms. The summed E-state index contributed by atoms with van der Waals surface area (Å²) in [6.45, 7) is 0.611. The van der Waals surface area contributed by atoms with Crippen LogP contribution >= 0.6 is 0 Å². The van der Waals surface area contributed by atoms with E-state index in [1.54, 1.807) is 0 Å². The zero-order valence-corrected chi connectivity index (χ0v) is 10.2. The van der Waals surface area contributed by atoms with Crippen LogP contribution in [0.1, 0.15) is 13.3 Å². The molecule has 0 radical (unpaired) electrons. The quantitative estimate of drug-likeness (QED) is 0.364. The molecular weight excluding hydrogens is 260 g/mol. The predicted molar refractivity (Wildman–Crippen MR) is 58.4 cm³/mol. The van der Waals surface area contributed by atoms with Gasteiger partial charge in [-0.15, -0.1) is 0 Å². The first-order valence-electron chi connectivity index (χ1n) is 5.77. The van der Waals surface area contributed by atoms with Gasteiger partial charge in [-0.1, -0.05) is 0 Å². The fourth-order valence-corrected chi connectivity index (χ4v) is 2.13. The van der Waals surface area contributed by atoms with Gasteiger partial charge in [-0.25, -0.2) is 4.79 Å². The first-order chi connectivity index (χ1) is 8.78. The topological polar surface area (TPSA) is 140 Å². The minimum absolute atomic E-state index is 0.0417. The highest BCUT2D eigenvalue weighted by molar-refractivity contribution is 6.01. The molecule has 9 nitrogen and oxygen atoms in total. The second-order valence-electron chi connectivity index (χ2n) is 4.80. The Morgan fingerprint density at radius 1 is 1.47 bits per heavy atom. The number of aliphatic hydroxyl groups is 4. The molecule has 0 saturated carbocycles. The number of amides is 3. The number of carbonyl (C=O) groups is 2. The number of aliphatic hydroxyl groups excluding tert-OH is 3. The second kappa shape index (κ2) is 4.69. The van der Waals surface area contributed by atoms with Crippen molar-refractivity contribution in [2.45, 2.75) is 43.6 Å². The molecule has 2 heterocycles. The van der Waals surface area contributed by atoms with Gasteiger partial charge in [-0.3, -0.25) is 15.0 Å². The molecule has 3 unspecified atom stereocenters. The number of rotatable bonds is 2. The average molecular weight is 276 g/mol. The molecule has 2 fully saturated rings. The molecule has 2 aliphatic heterocycles. The van der Waals surface area contributed by atoms with E-state index in [2.05, 4.69) is 0 Å². The number of hydrogen-bond acceptors (Lipinski definition) is 7. The summed E-state index contributed by atoms with van der Waals surface area (Å²) in [4.78, 5) is 23.8. The van der Waals surface area contributed by atoms with E-state index in [4.69, 9.17) is 9.84 Å². The summed E-state index contributed by atoms with van der Waals surface area (Å²) in [6.07, 6.45) is -4.77. The highest BCUT2D eigenvalue weighted by Gasteiger charge is 2.53. The lowest BCUT2D eigenvalue weighted by molar-refractivity contribution is -0.193. The number of nitrogens with one attached hydrogen (secondary N) is 1. The molecule has 0 spiro atoms. The van der Waals surface area contributed by atoms with Crippen LogP contribution in [0.4, 0.5) is 4.79 Å². The third-order valence-electron chi connectivity index (χ3n) is 3.38. The third kappa shape index (κ3) is 2.19. The molecule has 2 rings (SSSR count). The normalized spacial score (nSPS) is 43.5. The summed E-state index contributed by atoms with van der Waals surface area (Å²) < 4.78 is 5.21. The first-order valence-corrected chi connectivity index (χ1v) is 5.77. The summed E-state index contributed by atoms with van der Waals surface area (Å²) >= 11 is 0. The van der Waals surface area contributed by atoms with E-state index in [0.29, 0.717) is 0 Å². The second-order valence-corrected chi connectivity index (χ2v) is 4.80. The van der Waals surface area contributed by atoms with Crippen molar-refractivity contribution < 1.29 is 34.8 Å². The highest BCUT2D eigenvalue weighted by Crippen LogP contribution is 2.29. The van der Waals surface area contributed by atoms with Crippen molar-refractivity contribution in [1.82, 2.24) is 10.2 Å². The number of nitrogens with zero attached hydrogens (tertiary/aromatic N) is 1. The summed E-state index contributed by atoms with van der Waals surface area (Å²) in [7, 11) is 0.